The van der Waals surface area contributed by atoms with Gasteiger partial charge in [-0.15, -0.1) is 0 Å². The zero-order chi connectivity index (χ0) is 31.9. The number of esters is 2. The van der Waals surface area contributed by atoms with Crippen LogP contribution < -0.4 is 20.9 Å². The molecule has 44 heavy (non-hydrogen) atoms. The standard InChI is InChI=1S/2C17H23NO4/c2*18-11-13-1-6-14(7-2-13)17(21)22-15-8-3-12(4-9-15)5-10-16(19)20/h2*3-4,8-9,13-14H,1-2,5-7,10-11,18H2,(H,19,20). The minimum Gasteiger partial charge on any atom is -0.481 e. The van der Waals surface area contributed by atoms with Gasteiger partial charge in [0.05, 0.1) is 11.8 Å². The maximum absolute atomic E-state index is 12.1. The van der Waals surface area contributed by atoms with Gasteiger partial charge in [-0.25, -0.2) is 0 Å². The topological polar surface area (TPSA) is 179 Å². The van der Waals surface area contributed by atoms with E-state index in [9.17, 15) is 19.2 Å². The molecule has 0 heterocycles. The van der Waals surface area contributed by atoms with E-state index in [0.29, 0.717) is 49.3 Å². The number of ether oxygens (including phenoxy) is 2. The SMILES string of the molecule is NCC1CCC(C(=O)Oc2ccc(CCC(=O)O)cc2)CC1.NCC1CCC(C(=O)Oc2ccc(CCC(=O)O)cc2)CC1. The average Bonchev–Trinajstić information content (AvgIpc) is 3.04. The van der Waals surface area contributed by atoms with Gasteiger partial charge in [-0.2, -0.15) is 0 Å². The number of rotatable bonds is 12. The second-order valence-corrected chi connectivity index (χ2v) is 11.8. The Morgan fingerprint density at radius 3 is 1.16 bits per heavy atom. The van der Waals surface area contributed by atoms with E-state index in [1.807, 2.05) is 0 Å². The second kappa shape index (κ2) is 18.1. The molecule has 2 fully saturated rings. The third-order valence-corrected chi connectivity index (χ3v) is 8.57. The molecule has 2 aliphatic carbocycles. The molecule has 0 unspecified atom stereocenters. The summed E-state index contributed by atoms with van der Waals surface area (Å²) in [6, 6.07) is 14.1. The molecule has 0 aromatic heterocycles. The average molecular weight is 611 g/mol. The predicted octanol–water partition coefficient (Wildman–Crippen LogP) is 4.75. The molecule has 10 heteroatoms. The summed E-state index contributed by atoms with van der Waals surface area (Å²) < 4.78 is 10.8. The van der Waals surface area contributed by atoms with E-state index in [4.69, 9.17) is 31.2 Å². The Morgan fingerprint density at radius 2 is 0.886 bits per heavy atom. The third-order valence-electron chi connectivity index (χ3n) is 8.57. The highest BCUT2D eigenvalue weighted by atomic mass is 16.5. The lowest BCUT2D eigenvalue weighted by molar-refractivity contribution is -0.141. The van der Waals surface area contributed by atoms with E-state index in [1.54, 1.807) is 48.5 Å². The number of nitrogens with two attached hydrogens (primary N) is 2. The van der Waals surface area contributed by atoms with Crippen molar-refractivity contribution in [2.75, 3.05) is 13.1 Å². The molecule has 0 saturated heterocycles. The van der Waals surface area contributed by atoms with Crippen molar-refractivity contribution in [3.05, 3.63) is 59.7 Å². The van der Waals surface area contributed by atoms with E-state index in [-0.39, 0.29) is 36.6 Å². The van der Waals surface area contributed by atoms with Gasteiger partial charge in [0.15, 0.2) is 0 Å². The zero-order valence-corrected chi connectivity index (χ0v) is 25.3. The van der Waals surface area contributed by atoms with Crippen LogP contribution >= 0.6 is 0 Å². The summed E-state index contributed by atoms with van der Waals surface area (Å²) in [5.41, 5.74) is 13.1. The lowest BCUT2D eigenvalue weighted by atomic mass is 9.82. The Hall–Kier alpha value is -3.76. The zero-order valence-electron chi connectivity index (χ0n) is 25.3. The lowest BCUT2D eigenvalue weighted by Crippen LogP contribution is -2.28. The lowest BCUT2D eigenvalue weighted by Gasteiger charge is -2.26. The van der Waals surface area contributed by atoms with Crippen molar-refractivity contribution < 1.29 is 38.9 Å². The molecule has 2 saturated carbocycles. The highest BCUT2D eigenvalue weighted by Crippen LogP contribution is 2.30. The van der Waals surface area contributed by atoms with Crippen LogP contribution in [0.2, 0.25) is 0 Å². The van der Waals surface area contributed by atoms with Crippen LogP contribution in [-0.2, 0) is 32.0 Å². The van der Waals surface area contributed by atoms with Crippen molar-refractivity contribution in [2.24, 2.45) is 35.1 Å². The molecule has 0 spiro atoms. The van der Waals surface area contributed by atoms with Crippen LogP contribution in [0.25, 0.3) is 0 Å². The van der Waals surface area contributed by atoms with E-state index < -0.39 is 11.9 Å². The number of carbonyl (C=O) groups is 4. The van der Waals surface area contributed by atoms with Gasteiger partial charge in [-0.3, -0.25) is 19.2 Å². The maximum Gasteiger partial charge on any atom is 0.314 e. The normalized spacial score (nSPS) is 21.3. The number of carboxylic acid groups (broad SMARTS) is 2. The third kappa shape index (κ3) is 12.1. The van der Waals surface area contributed by atoms with E-state index in [1.165, 1.54) is 0 Å². The Morgan fingerprint density at radius 1 is 0.568 bits per heavy atom. The molecule has 2 aromatic carbocycles. The predicted molar refractivity (Wildman–Crippen MR) is 165 cm³/mol. The quantitative estimate of drug-likeness (QED) is 0.194. The molecular formula is C34H46N2O8. The molecule has 0 bridgehead atoms. The Labute approximate surface area is 259 Å². The van der Waals surface area contributed by atoms with Gasteiger partial charge < -0.3 is 31.2 Å². The van der Waals surface area contributed by atoms with E-state index in [0.717, 1.165) is 62.5 Å². The van der Waals surface area contributed by atoms with Crippen molar-refractivity contribution in [3.63, 3.8) is 0 Å². The highest BCUT2D eigenvalue weighted by molar-refractivity contribution is 5.75. The first-order valence-corrected chi connectivity index (χ1v) is 15.6. The van der Waals surface area contributed by atoms with Crippen molar-refractivity contribution in [3.8, 4) is 11.5 Å². The van der Waals surface area contributed by atoms with Gasteiger partial charge in [0.25, 0.3) is 0 Å². The largest absolute Gasteiger partial charge is 0.481 e. The Bertz CT molecular complexity index is 1100. The van der Waals surface area contributed by atoms with Crippen molar-refractivity contribution in [1.29, 1.82) is 0 Å². The van der Waals surface area contributed by atoms with Crippen LogP contribution in [0.4, 0.5) is 0 Å². The summed E-state index contributed by atoms with van der Waals surface area (Å²) in [7, 11) is 0. The van der Waals surface area contributed by atoms with Gasteiger partial charge in [0.1, 0.15) is 11.5 Å². The molecule has 0 aliphatic heterocycles. The van der Waals surface area contributed by atoms with Crippen molar-refractivity contribution in [2.45, 2.75) is 77.0 Å². The van der Waals surface area contributed by atoms with Crippen LogP contribution in [0.1, 0.15) is 75.3 Å². The van der Waals surface area contributed by atoms with Crippen LogP contribution in [0, 0.1) is 23.7 Å². The molecule has 0 amide bonds. The first-order chi connectivity index (χ1) is 21.2. The van der Waals surface area contributed by atoms with Crippen LogP contribution in [0.15, 0.2) is 48.5 Å². The maximum atomic E-state index is 12.1. The summed E-state index contributed by atoms with van der Waals surface area (Å²) in [5.74, 6) is 0.0730. The number of benzene rings is 2. The first kappa shape index (κ1) is 34.7. The van der Waals surface area contributed by atoms with E-state index >= 15 is 0 Å². The molecule has 0 atom stereocenters. The van der Waals surface area contributed by atoms with Crippen molar-refractivity contribution >= 4 is 23.9 Å². The van der Waals surface area contributed by atoms with Gasteiger partial charge in [-0.05, 0) is 125 Å². The molecule has 6 N–H and O–H groups in total. The molecular weight excluding hydrogens is 564 g/mol. The second-order valence-electron chi connectivity index (χ2n) is 11.8. The molecule has 10 nitrogen and oxygen atoms in total. The smallest absolute Gasteiger partial charge is 0.314 e. The van der Waals surface area contributed by atoms with Gasteiger partial charge in [0.2, 0.25) is 0 Å². The van der Waals surface area contributed by atoms with E-state index in [2.05, 4.69) is 0 Å². The number of hydrogen-bond donors (Lipinski definition) is 4. The molecule has 2 aliphatic rings. The van der Waals surface area contributed by atoms with Gasteiger partial charge in [0, 0.05) is 12.8 Å². The number of carboxylic acids is 2. The Kier molecular flexibility index (Phi) is 14.3. The number of carbonyl (C=O) groups excluding carboxylic acids is 2. The summed E-state index contributed by atoms with van der Waals surface area (Å²) in [4.78, 5) is 45.3. The fraction of sp³-hybridized carbons (Fsp3) is 0.529. The summed E-state index contributed by atoms with van der Waals surface area (Å²) in [6.07, 6.45) is 8.50. The summed E-state index contributed by atoms with van der Waals surface area (Å²) in [6.45, 7) is 1.39. The van der Waals surface area contributed by atoms with Crippen LogP contribution in [0.3, 0.4) is 0 Å². The fourth-order valence-corrected chi connectivity index (χ4v) is 5.62. The van der Waals surface area contributed by atoms with Crippen LogP contribution in [0.5, 0.6) is 11.5 Å². The summed E-state index contributed by atoms with van der Waals surface area (Å²) >= 11 is 0. The number of aryl methyl sites for hydroxylation is 2. The highest BCUT2D eigenvalue weighted by Gasteiger charge is 2.28. The number of aliphatic carboxylic acids is 2. The fourth-order valence-electron chi connectivity index (χ4n) is 5.62. The van der Waals surface area contributed by atoms with Crippen LogP contribution in [-0.4, -0.2) is 47.2 Å². The Balaban J connectivity index is 0.000000240. The molecule has 4 rings (SSSR count). The van der Waals surface area contributed by atoms with Crippen molar-refractivity contribution in [1.82, 2.24) is 0 Å². The number of hydrogen-bond acceptors (Lipinski definition) is 8. The minimum atomic E-state index is -0.816. The first-order valence-electron chi connectivity index (χ1n) is 15.6. The van der Waals surface area contributed by atoms with Gasteiger partial charge >= 0.3 is 23.9 Å². The minimum absolute atomic E-state index is 0.0329. The molecule has 0 radical (unpaired) electrons. The monoisotopic (exact) mass is 610 g/mol. The van der Waals surface area contributed by atoms with Gasteiger partial charge in [-0.1, -0.05) is 24.3 Å². The molecule has 2 aromatic rings. The molecule has 240 valence electrons. The summed E-state index contributed by atoms with van der Waals surface area (Å²) in [5, 5.41) is 17.3.